The average molecular weight is 218 g/mol. The summed E-state index contributed by atoms with van der Waals surface area (Å²) < 4.78 is 13.3. The van der Waals surface area contributed by atoms with Gasteiger partial charge in [0.2, 0.25) is 0 Å². The van der Waals surface area contributed by atoms with E-state index in [1.165, 1.54) is 6.07 Å². The molecule has 1 aromatic carbocycles. The number of nitrogens with zero attached hydrogens (tertiary/aromatic N) is 1. The first-order chi connectivity index (χ1) is 7.79. The lowest BCUT2D eigenvalue weighted by molar-refractivity contribution is 0.632. The Morgan fingerprint density at radius 2 is 1.75 bits per heavy atom. The van der Waals surface area contributed by atoms with Gasteiger partial charge in [-0.2, -0.15) is 0 Å². The number of hydrazine groups is 1. The molecule has 2 aromatic rings. The minimum absolute atomic E-state index is 0.324. The molecule has 0 amide bonds. The highest BCUT2D eigenvalue weighted by atomic mass is 19.1. The van der Waals surface area contributed by atoms with Crippen LogP contribution in [-0.4, -0.2) is 4.98 Å². The van der Waals surface area contributed by atoms with Crippen LogP contribution in [0.2, 0.25) is 0 Å². The van der Waals surface area contributed by atoms with Crippen LogP contribution in [0, 0.1) is 5.82 Å². The Hall–Kier alpha value is -2.14. The van der Waals surface area contributed by atoms with Crippen molar-refractivity contribution in [3.8, 4) is 0 Å². The summed E-state index contributed by atoms with van der Waals surface area (Å²) in [5.74, 6) is 5.95. The highest BCUT2D eigenvalue weighted by molar-refractivity contribution is 5.58. The molecule has 0 aliphatic carbocycles. The van der Waals surface area contributed by atoms with Crippen molar-refractivity contribution in [3.63, 3.8) is 0 Å². The number of hydrogen-bond acceptors (Lipinski definition) is 4. The third kappa shape index (κ3) is 2.26. The van der Waals surface area contributed by atoms with Gasteiger partial charge in [0.05, 0.1) is 5.69 Å². The van der Waals surface area contributed by atoms with Crippen LogP contribution < -0.4 is 16.6 Å². The molecular formula is C11H11FN4. The van der Waals surface area contributed by atoms with Crippen LogP contribution in [0.3, 0.4) is 0 Å². The van der Waals surface area contributed by atoms with Gasteiger partial charge < -0.3 is 10.7 Å². The molecule has 0 radical (unpaired) electrons. The number of para-hydroxylation sites is 1. The summed E-state index contributed by atoms with van der Waals surface area (Å²) in [7, 11) is 0. The van der Waals surface area contributed by atoms with Crippen molar-refractivity contribution in [2.24, 2.45) is 5.84 Å². The molecule has 0 bridgehead atoms. The Morgan fingerprint density at radius 3 is 2.50 bits per heavy atom. The number of aromatic nitrogens is 1. The van der Waals surface area contributed by atoms with E-state index in [-0.39, 0.29) is 5.82 Å². The summed E-state index contributed by atoms with van der Waals surface area (Å²) in [4.78, 5) is 4.11. The molecule has 0 spiro atoms. The predicted molar refractivity (Wildman–Crippen MR) is 61.7 cm³/mol. The Balaban J connectivity index is 2.24. The standard InChI is InChI=1S/C11H11FN4/c12-8-4-1-2-5-9(8)14-10-6-3-7-11(15-10)16-13/h1-7H,13H2,(H2,14,15,16). The molecular weight excluding hydrogens is 207 g/mol. The summed E-state index contributed by atoms with van der Waals surface area (Å²) in [6.45, 7) is 0. The normalized spacial score (nSPS) is 9.88. The van der Waals surface area contributed by atoms with Gasteiger partial charge in [0, 0.05) is 0 Å². The number of benzene rings is 1. The number of anilines is 3. The fourth-order valence-corrected chi connectivity index (χ4v) is 1.29. The zero-order chi connectivity index (χ0) is 11.4. The van der Waals surface area contributed by atoms with Gasteiger partial charge in [-0.3, -0.25) is 0 Å². The molecule has 0 aliphatic rings. The Labute approximate surface area is 92.3 Å². The van der Waals surface area contributed by atoms with Crippen molar-refractivity contribution in [2.45, 2.75) is 0 Å². The van der Waals surface area contributed by atoms with Crippen molar-refractivity contribution >= 4 is 17.3 Å². The Morgan fingerprint density at radius 1 is 1.00 bits per heavy atom. The van der Waals surface area contributed by atoms with Gasteiger partial charge in [-0.25, -0.2) is 15.2 Å². The lowest BCUT2D eigenvalue weighted by Crippen LogP contribution is -2.09. The summed E-state index contributed by atoms with van der Waals surface area (Å²) in [6, 6.07) is 11.6. The molecule has 16 heavy (non-hydrogen) atoms. The molecule has 4 nitrogen and oxygen atoms in total. The third-order valence-corrected chi connectivity index (χ3v) is 2.03. The average Bonchev–Trinajstić information content (AvgIpc) is 2.32. The molecule has 82 valence electrons. The number of nitrogen functional groups attached to an aromatic ring is 1. The van der Waals surface area contributed by atoms with Crippen LogP contribution in [0.25, 0.3) is 0 Å². The molecule has 0 saturated heterocycles. The van der Waals surface area contributed by atoms with Gasteiger partial charge in [0.25, 0.3) is 0 Å². The van der Waals surface area contributed by atoms with Crippen LogP contribution >= 0.6 is 0 Å². The second-order valence-corrected chi connectivity index (χ2v) is 3.16. The molecule has 0 unspecified atom stereocenters. The largest absolute Gasteiger partial charge is 0.338 e. The predicted octanol–water partition coefficient (Wildman–Crippen LogP) is 2.25. The Bertz CT molecular complexity index is 487. The first-order valence-corrected chi connectivity index (χ1v) is 4.75. The van der Waals surface area contributed by atoms with Crippen LogP contribution in [0.5, 0.6) is 0 Å². The van der Waals surface area contributed by atoms with Gasteiger partial charge in [-0.05, 0) is 24.3 Å². The van der Waals surface area contributed by atoms with Crippen molar-refractivity contribution in [1.29, 1.82) is 0 Å². The quantitative estimate of drug-likeness (QED) is 0.546. The van der Waals surface area contributed by atoms with Gasteiger partial charge in [0.1, 0.15) is 17.5 Å². The van der Waals surface area contributed by atoms with Gasteiger partial charge in [-0.1, -0.05) is 18.2 Å². The van der Waals surface area contributed by atoms with E-state index in [4.69, 9.17) is 5.84 Å². The Kier molecular flexibility index (Phi) is 2.98. The van der Waals surface area contributed by atoms with Crippen LogP contribution in [0.15, 0.2) is 42.5 Å². The fourth-order valence-electron chi connectivity index (χ4n) is 1.29. The molecule has 0 saturated carbocycles. The van der Waals surface area contributed by atoms with Gasteiger partial charge in [0.15, 0.2) is 0 Å². The van der Waals surface area contributed by atoms with Crippen LogP contribution in [0.4, 0.5) is 21.7 Å². The fraction of sp³-hybridized carbons (Fsp3) is 0. The summed E-state index contributed by atoms with van der Waals surface area (Å²) >= 11 is 0. The maximum atomic E-state index is 13.3. The maximum Gasteiger partial charge on any atom is 0.146 e. The van der Waals surface area contributed by atoms with E-state index in [1.54, 1.807) is 36.4 Å². The SMILES string of the molecule is NNc1cccc(Nc2ccccc2F)n1. The van der Waals surface area contributed by atoms with E-state index in [1.807, 2.05) is 0 Å². The molecule has 4 N–H and O–H groups in total. The molecule has 1 heterocycles. The maximum absolute atomic E-state index is 13.3. The highest BCUT2D eigenvalue weighted by Gasteiger charge is 2.01. The number of halogens is 1. The number of hydrogen-bond donors (Lipinski definition) is 3. The van der Waals surface area contributed by atoms with E-state index < -0.39 is 0 Å². The second kappa shape index (κ2) is 4.59. The van der Waals surface area contributed by atoms with Crippen molar-refractivity contribution < 1.29 is 4.39 Å². The summed E-state index contributed by atoms with van der Waals surface area (Å²) in [5.41, 5.74) is 2.80. The van der Waals surface area contributed by atoms with E-state index >= 15 is 0 Å². The molecule has 1 aromatic heterocycles. The van der Waals surface area contributed by atoms with Crippen molar-refractivity contribution in [1.82, 2.24) is 4.98 Å². The molecule has 5 heteroatoms. The van der Waals surface area contributed by atoms with E-state index in [0.29, 0.717) is 17.3 Å². The highest BCUT2D eigenvalue weighted by Crippen LogP contribution is 2.18. The molecule has 0 fully saturated rings. The first-order valence-electron chi connectivity index (χ1n) is 4.75. The lowest BCUT2D eigenvalue weighted by Gasteiger charge is -2.07. The summed E-state index contributed by atoms with van der Waals surface area (Å²) in [5, 5.41) is 2.87. The molecule has 0 aliphatic heterocycles. The van der Waals surface area contributed by atoms with Crippen LogP contribution in [-0.2, 0) is 0 Å². The minimum Gasteiger partial charge on any atom is -0.338 e. The van der Waals surface area contributed by atoms with Crippen LogP contribution in [0.1, 0.15) is 0 Å². The molecule has 0 atom stereocenters. The number of nitrogens with two attached hydrogens (primary N) is 1. The van der Waals surface area contributed by atoms with Gasteiger partial charge in [-0.15, -0.1) is 0 Å². The first kappa shape index (κ1) is 10.4. The molecule has 2 rings (SSSR count). The number of pyridine rings is 1. The van der Waals surface area contributed by atoms with E-state index in [2.05, 4.69) is 15.7 Å². The van der Waals surface area contributed by atoms with Crippen molar-refractivity contribution in [2.75, 3.05) is 10.7 Å². The van der Waals surface area contributed by atoms with E-state index in [9.17, 15) is 4.39 Å². The summed E-state index contributed by atoms with van der Waals surface area (Å²) in [6.07, 6.45) is 0. The zero-order valence-electron chi connectivity index (χ0n) is 8.44. The monoisotopic (exact) mass is 218 g/mol. The lowest BCUT2D eigenvalue weighted by atomic mass is 10.3. The zero-order valence-corrected chi connectivity index (χ0v) is 8.44. The smallest absolute Gasteiger partial charge is 0.146 e. The topological polar surface area (TPSA) is 63.0 Å². The second-order valence-electron chi connectivity index (χ2n) is 3.16. The number of nitrogens with one attached hydrogen (secondary N) is 2. The minimum atomic E-state index is -0.324. The number of rotatable bonds is 3. The van der Waals surface area contributed by atoms with Gasteiger partial charge >= 0.3 is 0 Å². The third-order valence-electron chi connectivity index (χ3n) is 2.03. The van der Waals surface area contributed by atoms with E-state index in [0.717, 1.165) is 0 Å². The van der Waals surface area contributed by atoms with Crippen molar-refractivity contribution in [3.05, 3.63) is 48.3 Å².